The van der Waals surface area contributed by atoms with E-state index in [2.05, 4.69) is 4.99 Å². The average Bonchev–Trinajstić information content (AvgIpc) is 2.86. The molecule has 0 aliphatic carbocycles. The number of sulfonamides is 1. The number of aromatic nitrogens is 1. The highest BCUT2D eigenvalue weighted by atomic mass is 32.2. The number of benzene rings is 1. The molecule has 0 aliphatic rings. The molecule has 0 radical (unpaired) electrons. The number of carbonyl (C=O) groups is 1. The minimum atomic E-state index is -3.77. The maximum absolute atomic E-state index is 12.0. The van der Waals surface area contributed by atoms with Crippen molar-refractivity contribution < 1.29 is 17.9 Å². The Labute approximate surface area is 144 Å². The Bertz CT molecular complexity index is 897. The zero-order chi connectivity index (χ0) is 17.7. The molecule has 2 aromatic rings. The van der Waals surface area contributed by atoms with Crippen molar-refractivity contribution in [1.82, 2.24) is 4.57 Å². The summed E-state index contributed by atoms with van der Waals surface area (Å²) in [6.45, 7) is 2.99. The fourth-order valence-electron chi connectivity index (χ4n) is 2.21. The number of unbranched alkanes of at least 4 members (excludes halogenated alkanes) is 1. The van der Waals surface area contributed by atoms with E-state index in [4.69, 9.17) is 9.88 Å². The minimum Gasteiger partial charge on any atom is -0.383 e. The van der Waals surface area contributed by atoms with Gasteiger partial charge in [0.1, 0.15) is 0 Å². The molecule has 1 amide bonds. The van der Waals surface area contributed by atoms with Gasteiger partial charge in [0.15, 0.2) is 4.80 Å². The number of rotatable bonds is 7. The Morgan fingerprint density at radius 3 is 2.79 bits per heavy atom. The molecule has 0 spiro atoms. The molecule has 0 saturated heterocycles. The molecule has 132 valence electrons. The first-order valence-electron chi connectivity index (χ1n) is 7.59. The van der Waals surface area contributed by atoms with Crippen LogP contribution in [0.25, 0.3) is 10.2 Å². The van der Waals surface area contributed by atoms with Crippen LogP contribution in [0.4, 0.5) is 0 Å². The Balaban J connectivity index is 2.55. The number of primary sulfonamides is 1. The van der Waals surface area contributed by atoms with Crippen molar-refractivity contribution >= 4 is 37.5 Å². The molecule has 0 saturated carbocycles. The molecule has 2 rings (SSSR count). The lowest BCUT2D eigenvalue weighted by Gasteiger charge is -2.04. The minimum absolute atomic E-state index is 0.0407. The summed E-state index contributed by atoms with van der Waals surface area (Å²) in [5.74, 6) is -0.179. The molecule has 7 nitrogen and oxygen atoms in total. The highest BCUT2D eigenvalue weighted by Crippen LogP contribution is 2.21. The summed E-state index contributed by atoms with van der Waals surface area (Å²) in [5.41, 5.74) is 0.798. The van der Waals surface area contributed by atoms with E-state index >= 15 is 0 Å². The number of thiazole rings is 1. The van der Waals surface area contributed by atoms with Gasteiger partial charge in [-0.2, -0.15) is 4.99 Å². The molecule has 0 aliphatic heterocycles. The predicted octanol–water partition coefficient (Wildman–Crippen LogP) is 1.61. The fourth-order valence-corrected chi connectivity index (χ4v) is 3.93. The summed E-state index contributed by atoms with van der Waals surface area (Å²) in [5, 5.41) is 5.18. The highest BCUT2D eigenvalue weighted by Gasteiger charge is 2.13. The maximum Gasteiger partial charge on any atom is 0.248 e. The number of nitrogens with two attached hydrogens (primary N) is 1. The van der Waals surface area contributed by atoms with Crippen molar-refractivity contribution in [1.29, 1.82) is 0 Å². The first-order valence-corrected chi connectivity index (χ1v) is 9.95. The quantitative estimate of drug-likeness (QED) is 0.798. The number of hydrogen-bond acceptors (Lipinski definition) is 5. The zero-order valence-corrected chi connectivity index (χ0v) is 15.3. The van der Waals surface area contributed by atoms with Crippen LogP contribution in [-0.4, -0.2) is 32.6 Å². The molecule has 0 atom stereocenters. The number of nitrogens with zero attached hydrogens (tertiary/aromatic N) is 2. The molecule has 9 heteroatoms. The Morgan fingerprint density at radius 2 is 2.17 bits per heavy atom. The number of amides is 1. The van der Waals surface area contributed by atoms with Crippen molar-refractivity contribution in [3.63, 3.8) is 0 Å². The van der Waals surface area contributed by atoms with Crippen molar-refractivity contribution in [2.24, 2.45) is 10.1 Å². The van der Waals surface area contributed by atoms with Gasteiger partial charge in [-0.15, -0.1) is 0 Å². The number of ether oxygens (including phenoxy) is 1. The predicted molar refractivity (Wildman–Crippen MR) is 93.2 cm³/mol. The standard InChI is InChI=1S/C15H21N3O4S2/c1-3-4-5-14(19)17-15-18(8-9-22-2)12-7-6-11(24(16,20)21)10-13(12)23-15/h6-7,10H,3-5,8-9H2,1-2H3,(H2,16,20,21). The van der Waals surface area contributed by atoms with Crippen LogP contribution in [0.1, 0.15) is 26.2 Å². The Morgan fingerprint density at radius 1 is 1.42 bits per heavy atom. The van der Waals surface area contributed by atoms with Crippen LogP contribution in [0.15, 0.2) is 28.1 Å². The van der Waals surface area contributed by atoms with Crippen molar-refractivity contribution in [3.8, 4) is 0 Å². The molecule has 0 fully saturated rings. The van der Waals surface area contributed by atoms with E-state index in [0.29, 0.717) is 29.1 Å². The van der Waals surface area contributed by atoms with Crippen molar-refractivity contribution in [2.75, 3.05) is 13.7 Å². The first kappa shape index (κ1) is 18.8. The fraction of sp³-hybridized carbons (Fsp3) is 0.467. The van der Waals surface area contributed by atoms with Gasteiger partial charge >= 0.3 is 0 Å². The molecule has 1 aromatic heterocycles. The van der Waals surface area contributed by atoms with Crippen LogP contribution in [0.2, 0.25) is 0 Å². The lowest BCUT2D eigenvalue weighted by atomic mass is 10.2. The van der Waals surface area contributed by atoms with E-state index in [-0.39, 0.29) is 10.8 Å². The molecule has 24 heavy (non-hydrogen) atoms. The van der Waals surface area contributed by atoms with Gasteiger partial charge in [-0.3, -0.25) is 4.79 Å². The van der Waals surface area contributed by atoms with Gasteiger partial charge < -0.3 is 9.30 Å². The van der Waals surface area contributed by atoms with Crippen molar-refractivity contribution in [2.45, 2.75) is 37.6 Å². The van der Waals surface area contributed by atoms with E-state index < -0.39 is 10.0 Å². The number of hydrogen-bond donors (Lipinski definition) is 1. The van der Waals surface area contributed by atoms with Crippen LogP contribution in [-0.2, 0) is 26.1 Å². The van der Waals surface area contributed by atoms with Crippen molar-refractivity contribution in [3.05, 3.63) is 23.0 Å². The average molecular weight is 371 g/mol. The van der Waals surface area contributed by atoms with E-state index in [0.717, 1.165) is 18.4 Å². The van der Waals surface area contributed by atoms with Crippen LogP contribution >= 0.6 is 11.3 Å². The maximum atomic E-state index is 12.0. The lowest BCUT2D eigenvalue weighted by molar-refractivity contribution is -0.118. The largest absolute Gasteiger partial charge is 0.383 e. The number of methoxy groups -OCH3 is 1. The van der Waals surface area contributed by atoms with E-state index in [1.165, 1.54) is 23.5 Å². The second kappa shape index (κ2) is 8.02. The second-order valence-electron chi connectivity index (χ2n) is 5.31. The number of fused-ring (bicyclic) bond motifs is 1. The lowest BCUT2D eigenvalue weighted by Crippen LogP contribution is -2.19. The monoisotopic (exact) mass is 371 g/mol. The van der Waals surface area contributed by atoms with E-state index in [1.807, 2.05) is 11.5 Å². The summed E-state index contributed by atoms with van der Waals surface area (Å²) in [7, 11) is -2.18. The van der Waals surface area contributed by atoms with Gasteiger partial charge in [0.2, 0.25) is 15.9 Å². The highest BCUT2D eigenvalue weighted by molar-refractivity contribution is 7.89. The molecular formula is C15H21N3O4S2. The van der Waals surface area contributed by atoms with E-state index in [9.17, 15) is 13.2 Å². The topological polar surface area (TPSA) is 104 Å². The first-order chi connectivity index (χ1) is 11.4. The molecular weight excluding hydrogens is 350 g/mol. The summed E-state index contributed by atoms with van der Waals surface area (Å²) in [4.78, 5) is 16.7. The Hall–Kier alpha value is -1.55. The van der Waals surface area contributed by atoms with Gasteiger partial charge in [0.05, 0.1) is 21.7 Å². The smallest absolute Gasteiger partial charge is 0.248 e. The molecule has 0 bridgehead atoms. The molecule has 1 heterocycles. The zero-order valence-electron chi connectivity index (χ0n) is 13.7. The second-order valence-corrected chi connectivity index (χ2v) is 7.88. The van der Waals surface area contributed by atoms with E-state index in [1.54, 1.807) is 13.2 Å². The van der Waals surface area contributed by atoms with Crippen LogP contribution < -0.4 is 9.94 Å². The molecule has 2 N–H and O–H groups in total. The van der Waals surface area contributed by atoms with Gasteiger partial charge in [-0.25, -0.2) is 13.6 Å². The normalized spacial score (nSPS) is 12.9. The third-order valence-electron chi connectivity index (χ3n) is 3.47. The summed E-state index contributed by atoms with van der Waals surface area (Å²) < 4.78 is 30.7. The molecule has 0 unspecified atom stereocenters. The summed E-state index contributed by atoms with van der Waals surface area (Å²) in [6.07, 6.45) is 2.12. The number of carbonyl (C=O) groups excluding carboxylic acids is 1. The molecule has 1 aromatic carbocycles. The van der Waals surface area contributed by atoms with Gasteiger partial charge in [-0.05, 0) is 24.6 Å². The third-order valence-corrected chi connectivity index (χ3v) is 5.42. The SMILES string of the molecule is CCCCC(=O)N=c1sc2cc(S(N)(=O)=O)ccc2n1CCOC. The third kappa shape index (κ3) is 4.50. The van der Waals surface area contributed by atoms with Crippen LogP contribution in [0.5, 0.6) is 0 Å². The Kier molecular flexibility index (Phi) is 6.27. The summed E-state index contributed by atoms with van der Waals surface area (Å²) in [6, 6.07) is 4.64. The van der Waals surface area contributed by atoms with Gasteiger partial charge in [0.25, 0.3) is 0 Å². The van der Waals surface area contributed by atoms with Crippen LogP contribution in [0, 0.1) is 0 Å². The van der Waals surface area contributed by atoms with Gasteiger partial charge in [-0.1, -0.05) is 24.7 Å². The summed E-state index contributed by atoms with van der Waals surface area (Å²) >= 11 is 1.27. The van der Waals surface area contributed by atoms with Gasteiger partial charge in [0, 0.05) is 20.1 Å². The van der Waals surface area contributed by atoms with Crippen LogP contribution in [0.3, 0.4) is 0 Å².